The Kier molecular flexibility index (Phi) is 4.52. The lowest BCUT2D eigenvalue weighted by Crippen LogP contribution is -2.46. The molecule has 0 unspecified atom stereocenters. The van der Waals surface area contributed by atoms with Gasteiger partial charge < -0.3 is 15.1 Å². The third kappa shape index (κ3) is 3.12. The summed E-state index contributed by atoms with van der Waals surface area (Å²) < 4.78 is 0. The van der Waals surface area contributed by atoms with E-state index in [2.05, 4.69) is 15.2 Å². The molecule has 0 bridgehead atoms. The van der Waals surface area contributed by atoms with Gasteiger partial charge in [-0.05, 0) is 12.8 Å². The highest BCUT2D eigenvalue weighted by atomic mass is 32.1. The molecule has 1 amide bonds. The molecule has 3 heterocycles. The van der Waals surface area contributed by atoms with Crippen molar-refractivity contribution >= 4 is 22.4 Å². The van der Waals surface area contributed by atoms with Gasteiger partial charge in [0, 0.05) is 39.3 Å². The zero-order chi connectivity index (χ0) is 13.8. The minimum atomic E-state index is 0.144. The third-order valence-corrected chi connectivity index (χ3v) is 5.03. The van der Waals surface area contributed by atoms with Crippen molar-refractivity contribution < 1.29 is 4.79 Å². The van der Waals surface area contributed by atoms with Gasteiger partial charge in [-0.2, -0.15) is 0 Å². The summed E-state index contributed by atoms with van der Waals surface area (Å²) in [6, 6.07) is 0. The number of hydrogen-bond acceptors (Lipinski definition) is 5. The van der Waals surface area contributed by atoms with E-state index in [4.69, 9.17) is 0 Å². The molecule has 0 spiro atoms. The molecule has 1 N–H and O–H groups in total. The van der Waals surface area contributed by atoms with E-state index in [9.17, 15) is 4.79 Å². The van der Waals surface area contributed by atoms with Crippen LogP contribution in [0.3, 0.4) is 0 Å². The maximum Gasteiger partial charge on any atom is 0.265 e. The van der Waals surface area contributed by atoms with E-state index in [0.29, 0.717) is 0 Å². The fraction of sp³-hybridized carbons (Fsp3) is 0.714. The third-order valence-electron chi connectivity index (χ3n) is 3.99. The maximum atomic E-state index is 12.4. The van der Waals surface area contributed by atoms with Gasteiger partial charge in [-0.15, -0.1) is 0 Å². The summed E-state index contributed by atoms with van der Waals surface area (Å²) in [7, 11) is 0. The number of nitrogens with zero attached hydrogens (tertiary/aromatic N) is 3. The van der Waals surface area contributed by atoms with Crippen molar-refractivity contribution in [3.8, 4) is 0 Å². The lowest BCUT2D eigenvalue weighted by molar-refractivity contribution is 0.0740. The van der Waals surface area contributed by atoms with E-state index in [0.717, 1.165) is 49.3 Å². The van der Waals surface area contributed by atoms with Crippen molar-refractivity contribution in [2.24, 2.45) is 0 Å². The number of anilines is 1. The second-order valence-electron chi connectivity index (χ2n) is 5.45. The molecular formula is C14H22N4OS. The summed E-state index contributed by atoms with van der Waals surface area (Å²) in [5.41, 5.74) is 0. The SMILES string of the molecule is O=C(c1cnc(N2CCCCCC2)s1)N1CCNCC1. The van der Waals surface area contributed by atoms with E-state index in [1.54, 1.807) is 17.5 Å². The Bertz CT molecular complexity index is 448. The molecule has 0 saturated carbocycles. The Morgan fingerprint density at radius 2 is 1.80 bits per heavy atom. The van der Waals surface area contributed by atoms with E-state index < -0.39 is 0 Å². The Labute approximate surface area is 124 Å². The van der Waals surface area contributed by atoms with Crippen LogP contribution < -0.4 is 10.2 Å². The molecule has 2 saturated heterocycles. The molecule has 110 valence electrons. The van der Waals surface area contributed by atoms with Gasteiger partial charge in [0.2, 0.25) is 0 Å². The van der Waals surface area contributed by atoms with E-state index in [1.807, 2.05) is 4.90 Å². The number of carbonyl (C=O) groups is 1. The highest BCUT2D eigenvalue weighted by molar-refractivity contribution is 7.17. The highest BCUT2D eigenvalue weighted by Crippen LogP contribution is 2.26. The maximum absolute atomic E-state index is 12.4. The summed E-state index contributed by atoms with van der Waals surface area (Å²) in [6.45, 7) is 5.54. The van der Waals surface area contributed by atoms with Gasteiger partial charge in [0.15, 0.2) is 5.13 Å². The van der Waals surface area contributed by atoms with Crippen LogP contribution in [0.25, 0.3) is 0 Å². The predicted molar refractivity (Wildman–Crippen MR) is 81.6 cm³/mol. The Morgan fingerprint density at radius 3 is 2.50 bits per heavy atom. The summed E-state index contributed by atoms with van der Waals surface area (Å²) in [5.74, 6) is 0.144. The van der Waals surface area contributed by atoms with Gasteiger partial charge in [-0.1, -0.05) is 24.2 Å². The van der Waals surface area contributed by atoms with Gasteiger partial charge in [-0.25, -0.2) is 4.98 Å². The lowest BCUT2D eigenvalue weighted by atomic mass is 10.2. The van der Waals surface area contributed by atoms with Gasteiger partial charge in [0.05, 0.1) is 6.20 Å². The molecule has 1 aromatic rings. The van der Waals surface area contributed by atoms with E-state index in [1.165, 1.54) is 25.7 Å². The van der Waals surface area contributed by atoms with Gasteiger partial charge >= 0.3 is 0 Å². The predicted octanol–water partition coefficient (Wildman–Crippen LogP) is 1.57. The van der Waals surface area contributed by atoms with Crippen LogP contribution in [0.5, 0.6) is 0 Å². The number of thiazole rings is 1. The van der Waals surface area contributed by atoms with Crippen molar-refractivity contribution in [1.29, 1.82) is 0 Å². The van der Waals surface area contributed by atoms with Crippen LogP contribution in [0, 0.1) is 0 Å². The average Bonchev–Trinajstić information content (AvgIpc) is 2.83. The smallest absolute Gasteiger partial charge is 0.265 e. The minimum Gasteiger partial charge on any atom is -0.348 e. The largest absolute Gasteiger partial charge is 0.348 e. The second-order valence-corrected chi connectivity index (χ2v) is 6.46. The quantitative estimate of drug-likeness (QED) is 0.899. The summed E-state index contributed by atoms with van der Waals surface area (Å²) in [5, 5.41) is 4.29. The Hall–Kier alpha value is -1.14. The standard InChI is InChI=1S/C14H22N4OS/c19-13(17-9-5-15-6-10-17)12-11-16-14(20-12)18-7-3-1-2-4-8-18/h11,15H,1-10H2. The first-order valence-corrected chi connectivity index (χ1v) is 8.37. The zero-order valence-electron chi connectivity index (χ0n) is 11.8. The monoisotopic (exact) mass is 294 g/mol. The minimum absolute atomic E-state index is 0.144. The average molecular weight is 294 g/mol. The van der Waals surface area contributed by atoms with Crippen LogP contribution >= 0.6 is 11.3 Å². The van der Waals surface area contributed by atoms with Crippen LogP contribution in [0.1, 0.15) is 35.4 Å². The molecule has 5 nitrogen and oxygen atoms in total. The van der Waals surface area contributed by atoms with Crippen molar-refractivity contribution in [2.45, 2.75) is 25.7 Å². The van der Waals surface area contributed by atoms with Crippen molar-refractivity contribution in [2.75, 3.05) is 44.2 Å². The van der Waals surface area contributed by atoms with E-state index >= 15 is 0 Å². The number of piperazine rings is 1. The summed E-state index contributed by atoms with van der Waals surface area (Å²) >= 11 is 1.55. The van der Waals surface area contributed by atoms with Gasteiger partial charge in [-0.3, -0.25) is 4.79 Å². The van der Waals surface area contributed by atoms with Crippen LogP contribution in [-0.4, -0.2) is 55.1 Å². The molecule has 0 aromatic carbocycles. The fourth-order valence-corrected chi connectivity index (χ4v) is 3.73. The van der Waals surface area contributed by atoms with Crippen LogP contribution in [-0.2, 0) is 0 Å². The van der Waals surface area contributed by atoms with Crippen LogP contribution in [0.15, 0.2) is 6.20 Å². The van der Waals surface area contributed by atoms with Crippen molar-refractivity contribution in [1.82, 2.24) is 15.2 Å². The number of rotatable bonds is 2. The number of carbonyl (C=O) groups excluding carboxylic acids is 1. The Balaban J connectivity index is 1.67. The summed E-state index contributed by atoms with van der Waals surface area (Å²) in [4.78, 5) is 21.9. The topological polar surface area (TPSA) is 48.5 Å². The van der Waals surface area contributed by atoms with Gasteiger partial charge in [0.1, 0.15) is 4.88 Å². The molecule has 0 atom stereocenters. The van der Waals surface area contributed by atoms with Crippen molar-refractivity contribution in [3.63, 3.8) is 0 Å². The zero-order valence-corrected chi connectivity index (χ0v) is 12.6. The molecule has 2 aliphatic rings. The van der Waals surface area contributed by atoms with E-state index in [-0.39, 0.29) is 5.91 Å². The number of nitrogens with one attached hydrogen (secondary N) is 1. The first-order chi connectivity index (χ1) is 9.84. The van der Waals surface area contributed by atoms with Crippen LogP contribution in [0.2, 0.25) is 0 Å². The molecule has 0 aliphatic carbocycles. The first-order valence-electron chi connectivity index (χ1n) is 7.55. The highest BCUT2D eigenvalue weighted by Gasteiger charge is 2.21. The molecule has 0 radical (unpaired) electrons. The first kappa shape index (κ1) is 13.8. The molecule has 2 aliphatic heterocycles. The number of amides is 1. The number of hydrogen-bond donors (Lipinski definition) is 1. The molecular weight excluding hydrogens is 272 g/mol. The summed E-state index contributed by atoms with van der Waals surface area (Å²) in [6.07, 6.45) is 6.86. The molecule has 1 aromatic heterocycles. The lowest BCUT2D eigenvalue weighted by Gasteiger charge is -2.26. The fourth-order valence-electron chi connectivity index (χ4n) is 2.80. The normalized spacial score (nSPS) is 20.8. The van der Waals surface area contributed by atoms with Gasteiger partial charge in [0.25, 0.3) is 5.91 Å². The van der Waals surface area contributed by atoms with Crippen LogP contribution in [0.4, 0.5) is 5.13 Å². The molecule has 20 heavy (non-hydrogen) atoms. The molecule has 2 fully saturated rings. The molecule has 6 heteroatoms. The number of aromatic nitrogens is 1. The van der Waals surface area contributed by atoms with Crippen molar-refractivity contribution in [3.05, 3.63) is 11.1 Å². The Morgan fingerprint density at radius 1 is 1.10 bits per heavy atom. The molecule has 3 rings (SSSR count). The second kappa shape index (κ2) is 6.54.